The van der Waals surface area contributed by atoms with Gasteiger partial charge in [0.1, 0.15) is 0 Å². The maximum Gasteiger partial charge on any atom is -0.00773 e. The van der Waals surface area contributed by atoms with Gasteiger partial charge in [0.25, 0.3) is 0 Å². The molecule has 0 spiro atoms. The second kappa shape index (κ2) is 11.1. The number of rotatable bonds is 12. The molecule has 0 radical (unpaired) electrons. The monoisotopic (exact) mass is 361 g/mol. The number of hydrogen-bond acceptors (Lipinski definition) is 1. The third-order valence-corrected chi connectivity index (χ3v) is 5.74. The van der Waals surface area contributed by atoms with E-state index in [0.29, 0.717) is 0 Å². The largest absolute Gasteiger partial charge is 0.330 e. The van der Waals surface area contributed by atoms with Crippen LogP contribution in [0.5, 0.6) is 0 Å². The van der Waals surface area contributed by atoms with E-state index in [1.165, 1.54) is 97.7 Å². The van der Waals surface area contributed by atoms with Crippen LogP contribution < -0.4 is 5.73 Å². The van der Waals surface area contributed by atoms with Crippen LogP contribution in [0.15, 0.2) is 54.6 Å². The molecule has 0 bridgehead atoms. The molecule has 0 fully saturated rings. The lowest BCUT2D eigenvalue weighted by Gasteiger charge is -2.09. The quantitative estimate of drug-likeness (QED) is 0.264. The van der Waals surface area contributed by atoms with Crippen LogP contribution in [-0.4, -0.2) is 6.54 Å². The van der Waals surface area contributed by atoms with Gasteiger partial charge < -0.3 is 5.73 Å². The summed E-state index contributed by atoms with van der Waals surface area (Å²) in [6.45, 7) is 0.854. The van der Waals surface area contributed by atoms with Gasteiger partial charge in [-0.3, -0.25) is 0 Å². The number of benzene rings is 3. The smallest absolute Gasteiger partial charge is 0.00773 e. The molecule has 0 unspecified atom stereocenters. The Kier molecular flexibility index (Phi) is 8.17. The van der Waals surface area contributed by atoms with Crippen molar-refractivity contribution in [3.63, 3.8) is 0 Å². The summed E-state index contributed by atoms with van der Waals surface area (Å²) in [5, 5.41) is 5.50. The number of aryl methyl sites for hydroxylation is 1. The third kappa shape index (κ3) is 6.07. The molecule has 3 aromatic carbocycles. The fraction of sp³-hybridized carbons (Fsp3) is 0.462. The van der Waals surface area contributed by atoms with Gasteiger partial charge in [0, 0.05) is 0 Å². The molecule has 1 heteroatoms. The molecule has 0 amide bonds. The van der Waals surface area contributed by atoms with Crippen molar-refractivity contribution in [2.45, 2.75) is 70.6 Å². The van der Waals surface area contributed by atoms with Crippen molar-refractivity contribution in [1.29, 1.82) is 0 Å². The van der Waals surface area contributed by atoms with Crippen LogP contribution in [0.25, 0.3) is 21.5 Å². The highest BCUT2D eigenvalue weighted by molar-refractivity contribution is 5.99. The molecule has 0 saturated heterocycles. The minimum Gasteiger partial charge on any atom is -0.330 e. The van der Waals surface area contributed by atoms with E-state index >= 15 is 0 Å². The number of hydrogen-bond donors (Lipinski definition) is 1. The maximum atomic E-state index is 5.53. The molecule has 2 N–H and O–H groups in total. The average Bonchev–Trinajstić information content (AvgIpc) is 2.70. The Morgan fingerprint density at radius 3 is 1.74 bits per heavy atom. The Hall–Kier alpha value is -1.86. The first kappa shape index (κ1) is 19.9. The van der Waals surface area contributed by atoms with E-state index < -0.39 is 0 Å². The second-order valence-corrected chi connectivity index (χ2v) is 7.91. The molecule has 0 aliphatic rings. The lowest BCUT2D eigenvalue weighted by Crippen LogP contribution is -1.97. The molecule has 0 aromatic heterocycles. The van der Waals surface area contributed by atoms with Crippen LogP contribution in [0, 0.1) is 0 Å². The summed E-state index contributed by atoms with van der Waals surface area (Å²) in [6, 6.07) is 20.2. The fourth-order valence-electron chi connectivity index (χ4n) is 4.12. The van der Waals surface area contributed by atoms with Crippen molar-refractivity contribution >= 4 is 21.5 Å². The number of unbranched alkanes of at least 4 members (excludes halogenated alkanes) is 9. The Morgan fingerprint density at radius 2 is 1.07 bits per heavy atom. The highest BCUT2D eigenvalue weighted by Crippen LogP contribution is 2.26. The van der Waals surface area contributed by atoms with Crippen molar-refractivity contribution in [2.24, 2.45) is 5.73 Å². The van der Waals surface area contributed by atoms with Gasteiger partial charge in [0.2, 0.25) is 0 Å². The standard InChI is InChI=1S/C26H35N/c27-19-12-8-6-4-2-1-3-5-7-9-14-22-17-13-18-25-20-23-15-10-11-16-24(23)21-26(22)25/h10-11,13,15-18,20-21H,1-9,12,14,19,27H2. The summed E-state index contributed by atoms with van der Waals surface area (Å²) < 4.78 is 0. The first-order valence-corrected chi connectivity index (χ1v) is 11.0. The second-order valence-electron chi connectivity index (χ2n) is 7.91. The van der Waals surface area contributed by atoms with E-state index in [2.05, 4.69) is 54.6 Å². The molecule has 0 aliphatic carbocycles. The zero-order valence-electron chi connectivity index (χ0n) is 16.8. The molecule has 144 valence electrons. The maximum absolute atomic E-state index is 5.53. The minimum atomic E-state index is 0.854. The molecule has 0 aliphatic heterocycles. The van der Waals surface area contributed by atoms with Crippen LogP contribution in [0.1, 0.15) is 69.8 Å². The van der Waals surface area contributed by atoms with E-state index in [4.69, 9.17) is 5.73 Å². The zero-order chi connectivity index (χ0) is 18.7. The predicted molar refractivity (Wildman–Crippen MR) is 120 cm³/mol. The van der Waals surface area contributed by atoms with E-state index in [1.54, 1.807) is 0 Å². The topological polar surface area (TPSA) is 26.0 Å². The summed E-state index contributed by atoms with van der Waals surface area (Å²) in [7, 11) is 0. The van der Waals surface area contributed by atoms with Gasteiger partial charge >= 0.3 is 0 Å². The summed E-state index contributed by atoms with van der Waals surface area (Å²) >= 11 is 0. The van der Waals surface area contributed by atoms with E-state index in [0.717, 1.165) is 6.54 Å². The zero-order valence-corrected chi connectivity index (χ0v) is 16.8. The lowest BCUT2D eigenvalue weighted by molar-refractivity contribution is 0.553. The van der Waals surface area contributed by atoms with E-state index in [1.807, 2.05) is 0 Å². The average molecular weight is 362 g/mol. The normalized spacial score (nSPS) is 11.4. The van der Waals surface area contributed by atoms with Crippen LogP contribution >= 0.6 is 0 Å². The predicted octanol–water partition coefficient (Wildman–Crippen LogP) is 7.40. The Balaban J connectivity index is 1.41. The molecule has 3 aromatic rings. The van der Waals surface area contributed by atoms with Crippen molar-refractivity contribution in [2.75, 3.05) is 6.54 Å². The van der Waals surface area contributed by atoms with Crippen molar-refractivity contribution in [3.05, 3.63) is 60.2 Å². The molecule has 0 atom stereocenters. The third-order valence-electron chi connectivity index (χ3n) is 5.74. The summed E-state index contributed by atoms with van der Waals surface area (Å²) in [5.41, 5.74) is 7.05. The Morgan fingerprint density at radius 1 is 0.519 bits per heavy atom. The summed E-state index contributed by atoms with van der Waals surface area (Å²) in [4.78, 5) is 0. The highest BCUT2D eigenvalue weighted by Gasteiger charge is 2.03. The highest BCUT2D eigenvalue weighted by atomic mass is 14.5. The minimum absolute atomic E-state index is 0.854. The van der Waals surface area contributed by atoms with Crippen molar-refractivity contribution < 1.29 is 0 Å². The molecule has 3 rings (SSSR count). The molecule has 27 heavy (non-hydrogen) atoms. The molecule has 0 heterocycles. The summed E-state index contributed by atoms with van der Waals surface area (Å²) in [5.74, 6) is 0. The van der Waals surface area contributed by atoms with E-state index in [-0.39, 0.29) is 0 Å². The summed E-state index contributed by atoms with van der Waals surface area (Å²) in [6.07, 6.45) is 14.7. The molecular formula is C26H35N. The van der Waals surface area contributed by atoms with E-state index in [9.17, 15) is 0 Å². The first-order valence-electron chi connectivity index (χ1n) is 11.0. The molecule has 0 saturated carbocycles. The van der Waals surface area contributed by atoms with Crippen molar-refractivity contribution in [1.82, 2.24) is 0 Å². The van der Waals surface area contributed by atoms with Gasteiger partial charge in [-0.25, -0.2) is 0 Å². The van der Waals surface area contributed by atoms with Gasteiger partial charge in [-0.05, 0) is 65.0 Å². The van der Waals surface area contributed by atoms with Crippen LogP contribution in [-0.2, 0) is 6.42 Å². The van der Waals surface area contributed by atoms with Gasteiger partial charge in [-0.2, -0.15) is 0 Å². The van der Waals surface area contributed by atoms with Crippen LogP contribution in [0.4, 0.5) is 0 Å². The van der Waals surface area contributed by atoms with Gasteiger partial charge in [0.15, 0.2) is 0 Å². The molecule has 1 nitrogen and oxygen atoms in total. The van der Waals surface area contributed by atoms with Gasteiger partial charge in [0.05, 0.1) is 0 Å². The van der Waals surface area contributed by atoms with Gasteiger partial charge in [-0.15, -0.1) is 0 Å². The van der Waals surface area contributed by atoms with Gasteiger partial charge in [-0.1, -0.05) is 93.8 Å². The lowest BCUT2D eigenvalue weighted by atomic mass is 9.96. The van der Waals surface area contributed by atoms with Crippen LogP contribution in [0.3, 0.4) is 0 Å². The van der Waals surface area contributed by atoms with Crippen LogP contribution in [0.2, 0.25) is 0 Å². The number of fused-ring (bicyclic) bond motifs is 2. The Bertz CT molecular complexity index is 821. The Labute approximate surface area is 165 Å². The van der Waals surface area contributed by atoms with Crippen molar-refractivity contribution in [3.8, 4) is 0 Å². The first-order chi connectivity index (χ1) is 13.4. The number of nitrogens with two attached hydrogens (primary N) is 1. The fourth-order valence-corrected chi connectivity index (χ4v) is 4.12. The molecular weight excluding hydrogens is 326 g/mol. The SMILES string of the molecule is NCCCCCCCCCCCCc1cccc2cc3ccccc3cc12.